The molecule has 94 valence electrons. The van der Waals surface area contributed by atoms with E-state index in [9.17, 15) is 8.42 Å². The molecule has 4 nitrogen and oxygen atoms in total. The summed E-state index contributed by atoms with van der Waals surface area (Å²) in [5.74, 6) is 0.711. The van der Waals surface area contributed by atoms with Crippen LogP contribution in [0.4, 0.5) is 5.69 Å². The molecule has 1 aliphatic rings. The smallest absolute Gasteiger partial charge is 0.235 e. The van der Waals surface area contributed by atoms with E-state index in [0.717, 1.165) is 6.42 Å². The molecule has 0 N–H and O–H groups in total. The van der Waals surface area contributed by atoms with Crippen molar-refractivity contribution in [3.05, 3.63) is 23.2 Å². The zero-order chi connectivity index (χ0) is 12.5. The molecule has 0 spiro atoms. The van der Waals surface area contributed by atoms with Gasteiger partial charge in [0.2, 0.25) is 10.0 Å². The van der Waals surface area contributed by atoms with E-state index in [4.69, 9.17) is 16.3 Å². The Balaban J connectivity index is 2.48. The number of methoxy groups -OCH3 is 1. The highest BCUT2D eigenvalue weighted by molar-refractivity contribution is 7.92. The molecule has 1 aliphatic heterocycles. The van der Waals surface area contributed by atoms with Gasteiger partial charge in [0.25, 0.3) is 0 Å². The van der Waals surface area contributed by atoms with E-state index in [0.29, 0.717) is 29.4 Å². The van der Waals surface area contributed by atoms with E-state index < -0.39 is 10.0 Å². The molecule has 0 unspecified atom stereocenters. The summed E-state index contributed by atoms with van der Waals surface area (Å²) in [4.78, 5) is 0. The Labute approximate surface area is 106 Å². The summed E-state index contributed by atoms with van der Waals surface area (Å²) in [6, 6.07) is 4.99. The topological polar surface area (TPSA) is 46.6 Å². The van der Waals surface area contributed by atoms with Crippen molar-refractivity contribution in [1.82, 2.24) is 0 Å². The molecule has 1 saturated heterocycles. The first-order valence-electron chi connectivity index (χ1n) is 5.38. The van der Waals surface area contributed by atoms with Gasteiger partial charge in [0.1, 0.15) is 5.75 Å². The van der Waals surface area contributed by atoms with Gasteiger partial charge in [-0.05, 0) is 31.0 Å². The maximum absolute atomic E-state index is 12.0. The van der Waals surface area contributed by atoms with Gasteiger partial charge in [-0.25, -0.2) is 8.42 Å². The third-order valence-corrected chi connectivity index (χ3v) is 4.85. The van der Waals surface area contributed by atoms with Gasteiger partial charge in [0.05, 0.1) is 18.6 Å². The monoisotopic (exact) mass is 275 g/mol. The molecule has 0 amide bonds. The van der Waals surface area contributed by atoms with Crippen LogP contribution < -0.4 is 9.04 Å². The van der Waals surface area contributed by atoms with E-state index in [2.05, 4.69) is 0 Å². The van der Waals surface area contributed by atoms with E-state index >= 15 is 0 Å². The first-order valence-corrected chi connectivity index (χ1v) is 7.37. The Kier molecular flexibility index (Phi) is 3.49. The van der Waals surface area contributed by atoms with Crippen LogP contribution in [0.2, 0.25) is 5.02 Å². The van der Waals surface area contributed by atoms with Crippen molar-refractivity contribution in [2.45, 2.75) is 12.8 Å². The second-order valence-corrected chi connectivity index (χ2v) is 6.36. The Bertz CT molecular complexity index is 515. The van der Waals surface area contributed by atoms with E-state index in [1.54, 1.807) is 18.2 Å². The largest absolute Gasteiger partial charge is 0.495 e. The van der Waals surface area contributed by atoms with Gasteiger partial charge in [-0.3, -0.25) is 4.31 Å². The fourth-order valence-electron chi connectivity index (χ4n) is 1.92. The van der Waals surface area contributed by atoms with Crippen molar-refractivity contribution >= 4 is 27.3 Å². The molecule has 1 aromatic carbocycles. The first kappa shape index (κ1) is 12.5. The number of benzene rings is 1. The van der Waals surface area contributed by atoms with E-state index in [1.807, 2.05) is 0 Å². The van der Waals surface area contributed by atoms with Crippen LogP contribution in [0.3, 0.4) is 0 Å². The lowest BCUT2D eigenvalue weighted by atomic mass is 10.2. The SMILES string of the molecule is COc1ccc(Cl)cc1N1CCCCS1(=O)=O. The molecule has 1 fully saturated rings. The lowest BCUT2D eigenvalue weighted by molar-refractivity contribution is 0.415. The van der Waals surface area contributed by atoms with Gasteiger partial charge in [-0.1, -0.05) is 11.6 Å². The van der Waals surface area contributed by atoms with E-state index in [1.165, 1.54) is 11.4 Å². The van der Waals surface area contributed by atoms with Gasteiger partial charge in [0, 0.05) is 11.6 Å². The zero-order valence-electron chi connectivity index (χ0n) is 9.52. The van der Waals surface area contributed by atoms with Gasteiger partial charge >= 0.3 is 0 Å². The molecule has 1 aromatic rings. The molecule has 2 rings (SSSR count). The number of anilines is 1. The summed E-state index contributed by atoms with van der Waals surface area (Å²) < 4.78 is 30.6. The zero-order valence-corrected chi connectivity index (χ0v) is 11.1. The summed E-state index contributed by atoms with van der Waals surface area (Å²) in [6.45, 7) is 0.485. The number of nitrogens with zero attached hydrogens (tertiary/aromatic N) is 1. The Hall–Kier alpha value is -0.940. The molecular weight excluding hydrogens is 262 g/mol. The van der Waals surface area contributed by atoms with Crippen molar-refractivity contribution in [3.63, 3.8) is 0 Å². The second-order valence-electron chi connectivity index (χ2n) is 3.91. The normalized spacial score (nSPS) is 19.1. The second kappa shape index (κ2) is 4.74. The van der Waals surface area contributed by atoms with Crippen LogP contribution in [-0.2, 0) is 10.0 Å². The van der Waals surface area contributed by atoms with E-state index in [-0.39, 0.29) is 5.75 Å². The average Bonchev–Trinajstić information content (AvgIpc) is 2.28. The number of hydrogen-bond donors (Lipinski definition) is 0. The van der Waals surface area contributed by atoms with Crippen LogP contribution in [0, 0.1) is 0 Å². The number of ether oxygens (including phenoxy) is 1. The molecule has 0 aromatic heterocycles. The lowest BCUT2D eigenvalue weighted by Gasteiger charge is -2.29. The van der Waals surface area contributed by atoms with Crippen molar-refractivity contribution in [1.29, 1.82) is 0 Å². The van der Waals surface area contributed by atoms with Gasteiger partial charge in [-0.2, -0.15) is 0 Å². The highest BCUT2D eigenvalue weighted by Gasteiger charge is 2.28. The van der Waals surface area contributed by atoms with Crippen LogP contribution in [0.5, 0.6) is 5.75 Å². The summed E-state index contributed by atoms with van der Waals surface area (Å²) in [6.07, 6.45) is 1.57. The predicted octanol–water partition coefficient (Wildman–Crippen LogP) is 2.28. The number of sulfonamides is 1. The summed E-state index contributed by atoms with van der Waals surface area (Å²) >= 11 is 5.91. The fraction of sp³-hybridized carbons (Fsp3) is 0.455. The molecule has 0 radical (unpaired) electrons. The fourth-order valence-corrected chi connectivity index (χ4v) is 3.72. The summed E-state index contributed by atoms with van der Waals surface area (Å²) in [5, 5.41) is 0.501. The minimum absolute atomic E-state index is 0.183. The molecule has 0 bridgehead atoms. The third-order valence-electron chi connectivity index (χ3n) is 2.76. The molecule has 0 atom stereocenters. The number of rotatable bonds is 2. The van der Waals surface area contributed by atoms with Crippen LogP contribution in [-0.4, -0.2) is 27.8 Å². The molecular formula is C11H14ClNO3S. The Morgan fingerprint density at radius 2 is 2.12 bits per heavy atom. The van der Waals surface area contributed by atoms with Gasteiger partial charge < -0.3 is 4.74 Å². The van der Waals surface area contributed by atoms with Crippen molar-refractivity contribution in [3.8, 4) is 5.75 Å². The van der Waals surface area contributed by atoms with Crippen molar-refractivity contribution < 1.29 is 13.2 Å². The number of halogens is 1. The Morgan fingerprint density at radius 3 is 2.76 bits per heavy atom. The van der Waals surface area contributed by atoms with Crippen molar-refractivity contribution in [2.24, 2.45) is 0 Å². The maximum atomic E-state index is 12.0. The minimum Gasteiger partial charge on any atom is -0.495 e. The lowest BCUT2D eigenvalue weighted by Crippen LogP contribution is -2.38. The van der Waals surface area contributed by atoms with Crippen LogP contribution >= 0.6 is 11.6 Å². The standard InChI is InChI=1S/C11H14ClNO3S/c1-16-11-5-4-9(12)8-10(11)13-6-2-3-7-17(13,14)15/h4-5,8H,2-3,6-7H2,1H3. The molecule has 0 saturated carbocycles. The Morgan fingerprint density at radius 1 is 1.35 bits per heavy atom. The third kappa shape index (κ3) is 2.50. The van der Waals surface area contributed by atoms with Crippen LogP contribution in [0.25, 0.3) is 0 Å². The highest BCUT2D eigenvalue weighted by atomic mass is 35.5. The number of hydrogen-bond acceptors (Lipinski definition) is 3. The quantitative estimate of drug-likeness (QED) is 0.832. The molecule has 0 aliphatic carbocycles. The minimum atomic E-state index is -3.23. The first-order chi connectivity index (χ1) is 8.04. The van der Waals surface area contributed by atoms with Gasteiger partial charge in [0.15, 0.2) is 0 Å². The summed E-state index contributed by atoms with van der Waals surface area (Å²) in [5.41, 5.74) is 0.528. The summed E-state index contributed by atoms with van der Waals surface area (Å²) in [7, 11) is -1.71. The van der Waals surface area contributed by atoms with Crippen LogP contribution in [0.1, 0.15) is 12.8 Å². The molecule has 6 heteroatoms. The van der Waals surface area contributed by atoms with Crippen molar-refractivity contribution in [2.75, 3.05) is 23.7 Å². The molecule has 1 heterocycles. The average molecular weight is 276 g/mol. The predicted molar refractivity (Wildman–Crippen MR) is 68.4 cm³/mol. The molecule has 17 heavy (non-hydrogen) atoms. The van der Waals surface area contributed by atoms with Gasteiger partial charge in [-0.15, -0.1) is 0 Å². The maximum Gasteiger partial charge on any atom is 0.235 e. The van der Waals surface area contributed by atoms with Crippen LogP contribution in [0.15, 0.2) is 18.2 Å². The highest BCUT2D eigenvalue weighted by Crippen LogP contribution is 2.34.